The molecule has 2 bridgehead atoms. The fourth-order valence-corrected chi connectivity index (χ4v) is 3.48. The van der Waals surface area contributed by atoms with E-state index in [9.17, 15) is 4.79 Å². The molecule has 2 atom stereocenters. The van der Waals surface area contributed by atoms with Crippen LogP contribution >= 0.6 is 0 Å². The molecule has 2 unspecified atom stereocenters. The Bertz CT molecular complexity index is 498. The molecule has 20 heavy (non-hydrogen) atoms. The smallest absolute Gasteiger partial charge is 0.316 e. The molecule has 2 saturated heterocycles. The van der Waals surface area contributed by atoms with Gasteiger partial charge in [-0.3, -0.25) is 0 Å². The Morgan fingerprint density at radius 2 is 2.05 bits per heavy atom. The predicted octanol–water partition coefficient (Wildman–Crippen LogP) is 2.53. The number of fused-ring (bicyclic) bond motifs is 2. The second-order valence-electron chi connectivity index (χ2n) is 5.84. The van der Waals surface area contributed by atoms with Crippen molar-refractivity contribution in [1.29, 1.82) is 0 Å². The summed E-state index contributed by atoms with van der Waals surface area (Å²) in [6, 6.07) is 7.00. The van der Waals surface area contributed by atoms with E-state index in [4.69, 9.17) is 0 Å². The normalized spacial score (nSPS) is 24.8. The largest absolute Gasteiger partial charge is 0.322 e. The number of hydrogen-bond donors (Lipinski definition) is 2. The summed E-state index contributed by atoms with van der Waals surface area (Å²) in [4.78, 5) is 14.7. The number of benzene rings is 1. The van der Waals surface area contributed by atoms with Gasteiger partial charge in [-0.05, 0) is 37.3 Å². The molecule has 3 rings (SSSR count). The van der Waals surface area contributed by atoms with Crippen LogP contribution in [0.2, 0.25) is 0 Å². The first-order chi connectivity index (χ1) is 9.70. The van der Waals surface area contributed by atoms with Crippen molar-refractivity contribution in [2.45, 2.75) is 45.2 Å². The molecule has 0 radical (unpaired) electrons. The summed E-state index contributed by atoms with van der Waals surface area (Å²) in [6.07, 6.45) is 3.19. The topological polar surface area (TPSA) is 44.4 Å². The molecule has 4 heteroatoms. The predicted molar refractivity (Wildman–Crippen MR) is 81.1 cm³/mol. The van der Waals surface area contributed by atoms with Gasteiger partial charge in [0.2, 0.25) is 0 Å². The zero-order chi connectivity index (χ0) is 14.1. The summed E-state index contributed by atoms with van der Waals surface area (Å²) in [5, 5.41) is 6.57. The highest BCUT2D eigenvalue weighted by Gasteiger charge is 2.39. The number of urea groups is 1. The molecular formula is C16H23N3O. The van der Waals surface area contributed by atoms with Crippen molar-refractivity contribution in [3.63, 3.8) is 0 Å². The van der Waals surface area contributed by atoms with Crippen molar-refractivity contribution >= 4 is 11.7 Å². The molecule has 2 heterocycles. The van der Waals surface area contributed by atoms with Crippen LogP contribution in [0.3, 0.4) is 0 Å². The summed E-state index contributed by atoms with van der Waals surface area (Å²) < 4.78 is 0. The van der Waals surface area contributed by atoms with Crippen molar-refractivity contribution in [2.24, 2.45) is 0 Å². The monoisotopic (exact) mass is 273 g/mol. The molecule has 4 nitrogen and oxygen atoms in total. The van der Waals surface area contributed by atoms with Crippen molar-refractivity contribution < 1.29 is 4.79 Å². The molecule has 2 aliphatic rings. The van der Waals surface area contributed by atoms with Crippen LogP contribution in [0.5, 0.6) is 0 Å². The third kappa shape index (κ3) is 2.29. The van der Waals surface area contributed by atoms with E-state index in [1.165, 1.54) is 5.56 Å². The number of nitrogens with zero attached hydrogens (tertiary/aromatic N) is 1. The van der Waals surface area contributed by atoms with Crippen LogP contribution in [0.4, 0.5) is 10.5 Å². The van der Waals surface area contributed by atoms with E-state index in [1.807, 2.05) is 0 Å². The minimum absolute atomic E-state index is 0.0722. The molecule has 0 aliphatic carbocycles. The van der Waals surface area contributed by atoms with Gasteiger partial charge in [0.25, 0.3) is 0 Å². The number of nitrogens with one attached hydrogen (secondary N) is 2. The van der Waals surface area contributed by atoms with Crippen molar-refractivity contribution in [1.82, 2.24) is 10.2 Å². The maximum Gasteiger partial charge on any atom is 0.322 e. The maximum atomic E-state index is 12.6. The number of aryl methyl sites for hydroxylation is 2. The standard InChI is InChI=1S/C16H23N3O/c1-3-12-6-4-5-11(2)15(12)18-16(20)19-13-7-8-14(19)10-17-9-13/h4-6,13-14,17H,3,7-10H2,1-2H3,(H,18,20). The summed E-state index contributed by atoms with van der Waals surface area (Å²) in [6.45, 7) is 6.04. The Kier molecular flexibility index (Phi) is 3.66. The van der Waals surface area contributed by atoms with Crippen molar-refractivity contribution in [2.75, 3.05) is 18.4 Å². The molecule has 0 spiro atoms. The van der Waals surface area contributed by atoms with Gasteiger partial charge < -0.3 is 15.5 Å². The average molecular weight is 273 g/mol. The Hall–Kier alpha value is -1.55. The number of rotatable bonds is 2. The lowest BCUT2D eigenvalue weighted by atomic mass is 10.1. The second kappa shape index (κ2) is 5.44. The number of anilines is 1. The summed E-state index contributed by atoms with van der Waals surface area (Å²) >= 11 is 0. The van der Waals surface area contributed by atoms with Crippen molar-refractivity contribution in [3.8, 4) is 0 Å². The van der Waals surface area contributed by atoms with Gasteiger partial charge in [0, 0.05) is 30.9 Å². The molecule has 0 aromatic heterocycles. The molecule has 108 valence electrons. The lowest BCUT2D eigenvalue weighted by Crippen LogP contribution is -2.55. The van der Waals surface area contributed by atoms with Gasteiger partial charge in [-0.1, -0.05) is 25.1 Å². The number of amides is 2. The number of piperazine rings is 1. The number of carbonyl (C=O) groups is 1. The molecule has 1 aromatic rings. The van der Waals surface area contributed by atoms with E-state index in [2.05, 4.69) is 47.6 Å². The van der Waals surface area contributed by atoms with Crippen LogP contribution in [-0.4, -0.2) is 36.1 Å². The first-order valence-corrected chi connectivity index (χ1v) is 7.59. The highest BCUT2D eigenvalue weighted by molar-refractivity contribution is 5.91. The van der Waals surface area contributed by atoms with E-state index in [-0.39, 0.29) is 6.03 Å². The molecule has 2 fully saturated rings. The second-order valence-corrected chi connectivity index (χ2v) is 5.84. The Morgan fingerprint density at radius 3 is 2.70 bits per heavy atom. The molecule has 2 amide bonds. The Labute approximate surface area is 120 Å². The summed E-state index contributed by atoms with van der Waals surface area (Å²) in [7, 11) is 0. The fraction of sp³-hybridized carbons (Fsp3) is 0.562. The maximum absolute atomic E-state index is 12.6. The van der Waals surface area contributed by atoms with Gasteiger partial charge in [0.15, 0.2) is 0 Å². The van der Waals surface area contributed by atoms with Gasteiger partial charge >= 0.3 is 6.03 Å². The SMILES string of the molecule is CCc1cccc(C)c1NC(=O)N1C2CCC1CNC2. The lowest BCUT2D eigenvalue weighted by molar-refractivity contribution is 0.167. The first kappa shape index (κ1) is 13.4. The van der Waals surface area contributed by atoms with Crippen LogP contribution in [0, 0.1) is 6.92 Å². The van der Waals surface area contributed by atoms with Crippen LogP contribution in [0.1, 0.15) is 30.9 Å². The minimum Gasteiger partial charge on any atom is -0.316 e. The van der Waals surface area contributed by atoms with Crippen LogP contribution in [0.25, 0.3) is 0 Å². The minimum atomic E-state index is 0.0722. The average Bonchev–Trinajstić information content (AvgIpc) is 2.71. The van der Waals surface area contributed by atoms with Gasteiger partial charge in [-0.15, -0.1) is 0 Å². The summed E-state index contributed by atoms with van der Waals surface area (Å²) in [5.74, 6) is 0. The lowest BCUT2D eigenvalue weighted by Gasteiger charge is -2.35. The number of carbonyl (C=O) groups excluding carboxylic acids is 1. The van der Waals surface area contributed by atoms with Crippen LogP contribution < -0.4 is 10.6 Å². The van der Waals surface area contributed by atoms with E-state index in [0.29, 0.717) is 12.1 Å². The van der Waals surface area contributed by atoms with E-state index < -0.39 is 0 Å². The van der Waals surface area contributed by atoms with Crippen LogP contribution in [-0.2, 0) is 6.42 Å². The number of hydrogen-bond acceptors (Lipinski definition) is 2. The first-order valence-electron chi connectivity index (χ1n) is 7.59. The highest BCUT2D eigenvalue weighted by atomic mass is 16.2. The Balaban J connectivity index is 1.80. The van der Waals surface area contributed by atoms with E-state index in [1.54, 1.807) is 0 Å². The molecule has 0 saturated carbocycles. The van der Waals surface area contributed by atoms with E-state index in [0.717, 1.165) is 43.6 Å². The highest BCUT2D eigenvalue weighted by Crippen LogP contribution is 2.28. The molecule has 1 aromatic carbocycles. The van der Waals surface area contributed by atoms with E-state index >= 15 is 0 Å². The van der Waals surface area contributed by atoms with Gasteiger partial charge in [0.05, 0.1) is 0 Å². The van der Waals surface area contributed by atoms with Crippen molar-refractivity contribution in [3.05, 3.63) is 29.3 Å². The zero-order valence-electron chi connectivity index (χ0n) is 12.3. The Morgan fingerprint density at radius 1 is 1.35 bits per heavy atom. The summed E-state index contributed by atoms with van der Waals surface area (Å²) in [5.41, 5.74) is 3.35. The van der Waals surface area contributed by atoms with Gasteiger partial charge in [-0.2, -0.15) is 0 Å². The quantitative estimate of drug-likeness (QED) is 0.869. The fourth-order valence-electron chi connectivity index (χ4n) is 3.48. The zero-order valence-corrected chi connectivity index (χ0v) is 12.3. The van der Waals surface area contributed by atoms with Gasteiger partial charge in [-0.25, -0.2) is 4.79 Å². The molecular weight excluding hydrogens is 250 g/mol. The third-order valence-corrected chi connectivity index (χ3v) is 4.59. The molecule has 2 N–H and O–H groups in total. The third-order valence-electron chi connectivity index (χ3n) is 4.59. The van der Waals surface area contributed by atoms with Gasteiger partial charge in [0.1, 0.15) is 0 Å². The van der Waals surface area contributed by atoms with Crippen LogP contribution in [0.15, 0.2) is 18.2 Å². The molecule has 2 aliphatic heterocycles. The number of para-hydroxylation sites is 1.